The summed E-state index contributed by atoms with van der Waals surface area (Å²) in [6.07, 6.45) is 3.31. The molecule has 1 aromatic heterocycles. The van der Waals surface area contributed by atoms with Crippen molar-refractivity contribution in [3.8, 4) is 5.75 Å². The molecule has 0 spiro atoms. The molecule has 1 saturated heterocycles. The number of benzene rings is 1. The second-order valence-corrected chi connectivity index (χ2v) is 7.37. The van der Waals surface area contributed by atoms with Gasteiger partial charge in [0.1, 0.15) is 18.1 Å². The Morgan fingerprint density at radius 1 is 1.08 bits per heavy atom. The van der Waals surface area contributed by atoms with Crippen molar-refractivity contribution in [3.05, 3.63) is 58.9 Å². The number of hydrogen-bond donors (Lipinski definition) is 0. The molecule has 0 N–H and O–H groups in total. The van der Waals surface area contributed by atoms with Gasteiger partial charge in [-0.2, -0.15) is 0 Å². The number of likely N-dealkylation sites (tertiary alicyclic amines) is 1. The summed E-state index contributed by atoms with van der Waals surface area (Å²) in [6, 6.07) is 12.2. The lowest BCUT2D eigenvalue weighted by molar-refractivity contribution is 0.0504. The molecule has 0 radical (unpaired) electrons. The first-order valence-corrected chi connectivity index (χ1v) is 9.45. The average Bonchev–Trinajstić information content (AvgIpc) is 2.61. The second kappa shape index (κ2) is 7.90. The van der Waals surface area contributed by atoms with Crippen molar-refractivity contribution in [2.24, 2.45) is 0 Å². The van der Waals surface area contributed by atoms with Crippen molar-refractivity contribution in [2.75, 3.05) is 0 Å². The van der Waals surface area contributed by atoms with E-state index in [4.69, 9.17) is 4.74 Å². The predicted octanol–water partition coefficient (Wildman–Crippen LogP) is 4.68. The summed E-state index contributed by atoms with van der Waals surface area (Å²) in [5.41, 5.74) is 3.49. The molecule has 2 unspecified atom stereocenters. The third-order valence-electron chi connectivity index (χ3n) is 5.23. The van der Waals surface area contributed by atoms with Gasteiger partial charge in [-0.25, -0.2) is 4.98 Å². The molecule has 0 bridgehead atoms. The number of aryl methyl sites for hydroxylation is 2. The van der Waals surface area contributed by atoms with Crippen molar-refractivity contribution < 1.29 is 9.53 Å². The number of pyridine rings is 1. The van der Waals surface area contributed by atoms with Gasteiger partial charge in [0.2, 0.25) is 0 Å². The number of carbonyl (C=O) groups excluding carboxylic acids is 1. The van der Waals surface area contributed by atoms with Crippen molar-refractivity contribution in [1.29, 1.82) is 0 Å². The molecule has 138 valence electrons. The fourth-order valence-corrected chi connectivity index (χ4v) is 3.81. The Balaban J connectivity index is 1.75. The summed E-state index contributed by atoms with van der Waals surface area (Å²) in [5, 5.41) is 0. The van der Waals surface area contributed by atoms with E-state index < -0.39 is 0 Å². The molecule has 4 nitrogen and oxygen atoms in total. The maximum atomic E-state index is 13.0. The zero-order valence-corrected chi connectivity index (χ0v) is 16.2. The van der Waals surface area contributed by atoms with E-state index >= 15 is 0 Å². The van der Waals surface area contributed by atoms with Gasteiger partial charge in [0, 0.05) is 12.1 Å². The van der Waals surface area contributed by atoms with Crippen LogP contribution in [0.2, 0.25) is 0 Å². The highest BCUT2D eigenvalue weighted by Gasteiger charge is 2.30. The highest BCUT2D eigenvalue weighted by atomic mass is 16.5. The van der Waals surface area contributed by atoms with Crippen LogP contribution < -0.4 is 4.74 Å². The van der Waals surface area contributed by atoms with Gasteiger partial charge < -0.3 is 9.64 Å². The molecule has 0 saturated carbocycles. The summed E-state index contributed by atoms with van der Waals surface area (Å²) in [7, 11) is 0. The molecule has 26 heavy (non-hydrogen) atoms. The molecule has 2 heterocycles. The molecule has 1 aliphatic heterocycles. The molecule has 0 aliphatic carbocycles. The van der Waals surface area contributed by atoms with E-state index in [1.165, 1.54) is 6.42 Å². The molecule has 1 aliphatic rings. The first-order valence-electron chi connectivity index (χ1n) is 9.45. The summed E-state index contributed by atoms with van der Waals surface area (Å²) in [6.45, 7) is 8.69. The number of rotatable bonds is 4. The van der Waals surface area contributed by atoms with Gasteiger partial charge in [-0.15, -0.1) is 0 Å². The minimum atomic E-state index is 0.0265. The van der Waals surface area contributed by atoms with Crippen LogP contribution in [0.4, 0.5) is 0 Å². The van der Waals surface area contributed by atoms with Crippen LogP contribution in [-0.4, -0.2) is 27.9 Å². The lowest BCUT2D eigenvalue weighted by Crippen LogP contribution is -2.47. The van der Waals surface area contributed by atoms with Crippen LogP contribution in [0.25, 0.3) is 0 Å². The summed E-state index contributed by atoms with van der Waals surface area (Å²) < 4.78 is 5.99. The van der Waals surface area contributed by atoms with Crippen molar-refractivity contribution in [2.45, 2.75) is 65.6 Å². The number of piperidine rings is 1. The first kappa shape index (κ1) is 18.4. The number of aromatic nitrogens is 1. The predicted molar refractivity (Wildman–Crippen MR) is 103 cm³/mol. The molecule has 2 atom stereocenters. The van der Waals surface area contributed by atoms with Crippen LogP contribution in [-0.2, 0) is 6.61 Å². The number of hydrogen-bond acceptors (Lipinski definition) is 3. The Morgan fingerprint density at radius 3 is 2.35 bits per heavy atom. The molecule has 1 amide bonds. The zero-order valence-electron chi connectivity index (χ0n) is 16.2. The van der Waals surface area contributed by atoms with E-state index in [2.05, 4.69) is 18.8 Å². The Hall–Kier alpha value is -2.36. The van der Waals surface area contributed by atoms with E-state index in [1.54, 1.807) is 6.07 Å². The number of carbonyl (C=O) groups is 1. The van der Waals surface area contributed by atoms with Crippen molar-refractivity contribution in [1.82, 2.24) is 9.88 Å². The maximum Gasteiger partial charge on any atom is 0.272 e. The van der Waals surface area contributed by atoms with E-state index in [1.807, 2.05) is 49.1 Å². The van der Waals surface area contributed by atoms with Gasteiger partial charge in [0.25, 0.3) is 5.91 Å². The molecule has 1 aromatic carbocycles. The quantitative estimate of drug-likeness (QED) is 0.802. The number of amides is 1. The third-order valence-corrected chi connectivity index (χ3v) is 5.23. The number of para-hydroxylation sites is 1. The average molecular weight is 352 g/mol. The Labute approximate surface area is 156 Å². The molecule has 4 heteroatoms. The monoisotopic (exact) mass is 352 g/mol. The van der Waals surface area contributed by atoms with Crippen molar-refractivity contribution in [3.63, 3.8) is 0 Å². The van der Waals surface area contributed by atoms with Crippen molar-refractivity contribution >= 4 is 5.91 Å². The van der Waals surface area contributed by atoms with Crippen LogP contribution in [0.1, 0.15) is 60.4 Å². The SMILES string of the molecule is Cc1cccc(C)c1OCc1cccc(C(=O)N2C(C)CCCC2C)n1. The number of ether oxygens (including phenoxy) is 1. The minimum Gasteiger partial charge on any atom is -0.487 e. The van der Waals surface area contributed by atoms with Crippen LogP contribution in [0.3, 0.4) is 0 Å². The molecular weight excluding hydrogens is 324 g/mol. The standard InChI is InChI=1S/C22H28N2O2/c1-15-8-5-9-16(2)21(15)26-14-19-12-7-13-20(23-19)22(25)24-17(3)10-6-11-18(24)4/h5,7-9,12-13,17-18H,6,10-11,14H2,1-4H3. The van der Waals surface area contributed by atoms with Gasteiger partial charge >= 0.3 is 0 Å². The van der Waals surface area contributed by atoms with Crippen LogP contribution >= 0.6 is 0 Å². The maximum absolute atomic E-state index is 13.0. The smallest absolute Gasteiger partial charge is 0.272 e. The lowest BCUT2D eigenvalue weighted by Gasteiger charge is -2.38. The fourth-order valence-electron chi connectivity index (χ4n) is 3.81. The van der Waals surface area contributed by atoms with Crippen LogP contribution in [0.15, 0.2) is 36.4 Å². The molecule has 1 fully saturated rings. The summed E-state index contributed by atoms with van der Waals surface area (Å²) >= 11 is 0. The molecule has 3 rings (SSSR count). The minimum absolute atomic E-state index is 0.0265. The second-order valence-electron chi connectivity index (χ2n) is 7.37. The largest absolute Gasteiger partial charge is 0.487 e. The topological polar surface area (TPSA) is 42.4 Å². The van der Waals surface area contributed by atoms with E-state index in [9.17, 15) is 4.79 Å². The molecule has 2 aromatic rings. The van der Waals surface area contributed by atoms with Gasteiger partial charge in [-0.1, -0.05) is 24.3 Å². The highest BCUT2D eigenvalue weighted by Crippen LogP contribution is 2.25. The van der Waals surface area contributed by atoms with E-state index in [0.29, 0.717) is 12.3 Å². The fraction of sp³-hybridized carbons (Fsp3) is 0.455. The summed E-state index contributed by atoms with van der Waals surface area (Å²) in [5.74, 6) is 0.919. The van der Waals surface area contributed by atoms with Gasteiger partial charge in [-0.05, 0) is 70.2 Å². The lowest BCUT2D eigenvalue weighted by atomic mass is 9.97. The van der Waals surface area contributed by atoms with Gasteiger partial charge in [-0.3, -0.25) is 4.79 Å². The van der Waals surface area contributed by atoms with Crippen LogP contribution in [0, 0.1) is 13.8 Å². The van der Waals surface area contributed by atoms with Crippen LogP contribution in [0.5, 0.6) is 5.75 Å². The van der Waals surface area contributed by atoms with E-state index in [0.717, 1.165) is 35.4 Å². The van der Waals surface area contributed by atoms with Gasteiger partial charge in [0.15, 0.2) is 0 Å². The Morgan fingerprint density at radius 2 is 1.69 bits per heavy atom. The molecular formula is C22H28N2O2. The Kier molecular flexibility index (Phi) is 5.60. The number of nitrogens with zero attached hydrogens (tertiary/aromatic N) is 2. The van der Waals surface area contributed by atoms with E-state index in [-0.39, 0.29) is 18.0 Å². The third kappa shape index (κ3) is 3.90. The highest BCUT2D eigenvalue weighted by molar-refractivity contribution is 5.92. The first-order chi connectivity index (χ1) is 12.5. The Bertz CT molecular complexity index is 757. The zero-order chi connectivity index (χ0) is 18.7. The summed E-state index contributed by atoms with van der Waals surface area (Å²) in [4.78, 5) is 19.5. The van der Waals surface area contributed by atoms with Gasteiger partial charge in [0.05, 0.1) is 5.69 Å². The normalized spacial score (nSPS) is 20.1.